The maximum atomic E-state index is 12.6. The minimum absolute atomic E-state index is 0.120. The van der Waals surface area contributed by atoms with Crippen molar-refractivity contribution < 1.29 is 9.21 Å². The Balaban J connectivity index is 1.85. The number of hydrogen-bond donors (Lipinski definition) is 1. The Morgan fingerprint density at radius 2 is 2.00 bits per heavy atom. The minimum Gasteiger partial charge on any atom is -0.462 e. The number of carbonyl (C=O) groups is 1. The molecule has 1 aromatic carbocycles. The fourth-order valence-corrected chi connectivity index (χ4v) is 3.56. The van der Waals surface area contributed by atoms with E-state index in [0.29, 0.717) is 15.0 Å². The Morgan fingerprint density at radius 3 is 2.61 bits per heavy atom. The molecule has 4 nitrogen and oxygen atoms in total. The van der Waals surface area contributed by atoms with Crippen molar-refractivity contribution in [1.29, 1.82) is 0 Å². The summed E-state index contributed by atoms with van der Waals surface area (Å²) >= 11 is 6.65. The van der Waals surface area contributed by atoms with Crippen LogP contribution in [0.1, 0.15) is 18.4 Å². The van der Waals surface area contributed by atoms with Crippen molar-refractivity contribution in [2.45, 2.75) is 13.8 Å². The van der Waals surface area contributed by atoms with E-state index < -0.39 is 0 Å². The van der Waals surface area contributed by atoms with Crippen LogP contribution >= 0.6 is 24.0 Å². The summed E-state index contributed by atoms with van der Waals surface area (Å²) in [6.07, 6.45) is 1.74. The Bertz CT molecular complexity index is 778. The SMILES string of the molecule is CCNc1ccc(N2C(=O)/C(=C/c3ccc(C)o3)SC2=S)cc1. The van der Waals surface area contributed by atoms with Crippen molar-refractivity contribution in [3.63, 3.8) is 0 Å². The number of thioether (sulfide) groups is 1. The maximum absolute atomic E-state index is 12.6. The van der Waals surface area contributed by atoms with Crippen molar-refractivity contribution in [1.82, 2.24) is 0 Å². The lowest BCUT2D eigenvalue weighted by molar-refractivity contribution is -0.113. The smallest absolute Gasteiger partial charge is 0.270 e. The molecule has 0 bridgehead atoms. The van der Waals surface area contributed by atoms with E-state index in [0.717, 1.165) is 23.7 Å². The second-order valence-corrected chi connectivity index (χ2v) is 6.72. The lowest BCUT2D eigenvalue weighted by Gasteiger charge is -2.15. The fourth-order valence-electron chi connectivity index (χ4n) is 2.28. The third-order valence-corrected chi connectivity index (χ3v) is 4.64. The van der Waals surface area contributed by atoms with E-state index in [-0.39, 0.29) is 5.91 Å². The molecule has 23 heavy (non-hydrogen) atoms. The summed E-state index contributed by atoms with van der Waals surface area (Å²) in [5.41, 5.74) is 1.79. The Labute approximate surface area is 144 Å². The zero-order valence-electron chi connectivity index (χ0n) is 12.8. The molecule has 1 aromatic heterocycles. The number of carbonyl (C=O) groups excluding carboxylic acids is 1. The molecule has 0 spiro atoms. The van der Waals surface area contributed by atoms with Gasteiger partial charge in [-0.2, -0.15) is 0 Å². The molecule has 0 radical (unpaired) electrons. The number of hydrogen-bond acceptors (Lipinski definition) is 5. The topological polar surface area (TPSA) is 45.5 Å². The van der Waals surface area contributed by atoms with Crippen molar-refractivity contribution in [2.24, 2.45) is 0 Å². The number of aryl methyl sites for hydroxylation is 1. The molecule has 1 N–H and O–H groups in total. The second-order valence-electron chi connectivity index (χ2n) is 5.04. The van der Waals surface area contributed by atoms with Crippen LogP contribution < -0.4 is 10.2 Å². The highest BCUT2D eigenvalue weighted by Crippen LogP contribution is 2.36. The molecule has 1 saturated heterocycles. The first-order chi connectivity index (χ1) is 11.1. The molecule has 0 unspecified atom stereocenters. The van der Waals surface area contributed by atoms with Crippen molar-refractivity contribution >= 4 is 51.7 Å². The number of benzene rings is 1. The van der Waals surface area contributed by atoms with Crippen molar-refractivity contribution in [2.75, 3.05) is 16.8 Å². The lowest BCUT2D eigenvalue weighted by atomic mass is 10.2. The molecule has 1 aliphatic heterocycles. The number of rotatable bonds is 4. The van der Waals surface area contributed by atoms with Gasteiger partial charge < -0.3 is 9.73 Å². The summed E-state index contributed by atoms with van der Waals surface area (Å²) in [6, 6.07) is 11.4. The van der Waals surface area contributed by atoms with Gasteiger partial charge in [0.15, 0.2) is 4.32 Å². The van der Waals surface area contributed by atoms with Crippen molar-refractivity contribution in [3.05, 3.63) is 52.8 Å². The second kappa shape index (κ2) is 6.60. The van der Waals surface area contributed by atoms with Gasteiger partial charge in [-0.15, -0.1) is 0 Å². The van der Waals surface area contributed by atoms with Gasteiger partial charge >= 0.3 is 0 Å². The van der Waals surface area contributed by atoms with Crippen LogP contribution in [0.25, 0.3) is 6.08 Å². The third kappa shape index (κ3) is 3.33. The summed E-state index contributed by atoms with van der Waals surface area (Å²) < 4.78 is 6.03. The largest absolute Gasteiger partial charge is 0.462 e. The normalized spacial score (nSPS) is 16.4. The molecule has 1 fully saturated rings. The minimum atomic E-state index is -0.120. The molecular formula is C17H16N2O2S2. The van der Waals surface area contributed by atoms with Crippen LogP contribution in [-0.4, -0.2) is 16.8 Å². The highest BCUT2D eigenvalue weighted by Gasteiger charge is 2.33. The van der Waals surface area contributed by atoms with Crippen molar-refractivity contribution in [3.8, 4) is 0 Å². The highest BCUT2D eigenvalue weighted by atomic mass is 32.2. The zero-order valence-corrected chi connectivity index (χ0v) is 14.5. The van der Waals surface area contributed by atoms with Gasteiger partial charge in [0.05, 0.1) is 10.6 Å². The van der Waals surface area contributed by atoms with Crippen LogP contribution in [0.4, 0.5) is 11.4 Å². The van der Waals surface area contributed by atoms with Gasteiger partial charge in [-0.1, -0.05) is 24.0 Å². The van der Waals surface area contributed by atoms with Gasteiger partial charge in [-0.3, -0.25) is 9.69 Å². The van der Waals surface area contributed by atoms with E-state index in [9.17, 15) is 4.79 Å². The van der Waals surface area contributed by atoms with Gasteiger partial charge in [0.1, 0.15) is 11.5 Å². The van der Waals surface area contributed by atoms with Gasteiger partial charge in [0, 0.05) is 18.3 Å². The molecule has 1 aliphatic rings. The van der Waals surface area contributed by atoms with E-state index in [4.69, 9.17) is 16.6 Å². The number of nitrogens with zero attached hydrogens (tertiary/aromatic N) is 1. The Hall–Kier alpha value is -2.05. The van der Waals surface area contributed by atoms with E-state index in [2.05, 4.69) is 5.32 Å². The van der Waals surface area contributed by atoms with Gasteiger partial charge in [0.25, 0.3) is 5.91 Å². The zero-order chi connectivity index (χ0) is 16.4. The lowest BCUT2D eigenvalue weighted by Crippen LogP contribution is -2.27. The molecule has 2 aromatic rings. The number of thiocarbonyl (C=S) groups is 1. The van der Waals surface area contributed by atoms with Crippen LogP contribution in [0.5, 0.6) is 0 Å². The average molecular weight is 344 g/mol. The molecule has 1 amide bonds. The summed E-state index contributed by atoms with van der Waals surface area (Å²) in [5, 5.41) is 3.23. The van der Waals surface area contributed by atoms with Gasteiger partial charge in [0.2, 0.25) is 0 Å². The van der Waals surface area contributed by atoms with Crippen LogP contribution in [0.3, 0.4) is 0 Å². The fraction of sp³-hybridized carbons (Fsp3) is 0.176. The first-order valence-electron chi connectivity index (χ1n) is 7.27. The average Bonchev–Trinajstić information content (AvgIpc) is 3.05. The Morgan fingerprint density at radius 1 is 1.26 bits per heavy atom. The van der Waals surface area contributed by atoms with Crippen LogP contribution in [0.15, 0.2) is 45.7 Å². The summed E-state index contributed by atoms with van der Waals surface area (Å²) in [6.45, 7) is 4.76. The third-order valence-electron chi connectivity index (χ3n) is 3.33. The Kier molecular flexibility index (Phi) is 4.54. The molecule has 6 heteroatoms. The summed E-state index contributed by atoms with van der Waals surface area (Å²) in [7, 11) is 0. The first kappa shape index (κ1) is 15.8. The quantitative estimate of drug-likeness (QED) is 0.657. The first-order valence-corrected chi connectivity index (χ1v) is 8.49. The molecular weight excluding hydrogens is 328 g/mol. The molecule has 2 heterocycles. The van der Waals surface area contributed by atoms with Crippen LogP contribution in [0, 0.1) is 6.92 Å². The van der Waals surface area contributed by atoms with Gasteiger partial charge in [-0.25, -0.2) is 0 Å². The molecule has 118 valence electrons. The maximum Gasteiger partial charge on any atom is 0.270 e. The predicted molar refractivity (Wildman–Crippen MR) is 99.7 cm³/mol. The number of anilines is 2. The van der Waals surface area contributed by atoms with Crippen LogP contribution in [-0.2, 0) is 4.79 Å². The van der Waals surface area contributed by atoms with Gasteiger partial charge in [-0.05, 0) is 50.2 Å². The highest BCUT2D eigenvalue weighted by molar-refractivity contribution is 8.27. The molecule has 3 rings (SSSR count). The summed E-state index contributed by atoms with van der Waals surface area (Å²) in [5.74, 6) is 1.35. The summed E-state index contributed by atoms with van der Waals surface area (Å²) in [4.78, 5) is 14.8. The van der Waals surface area contributed by atoms with E-state index in [1.165, 1.54) is 11.8 Å². The molecule has 0 atom stereocenters. The number of nitrogens with one attached hydrogen (secondary N) is 1. The van der Waals surface area contributed by atoms with E-state index >= 15 is 0 Å². The van der Waals surface area contributed by atoms with Crippen LogP contribution in [0.2, 0.25) is 0 Å². The van der Waals surface area contributed by atoms with E-state index in [1.54, 1.807) is 11.0 Å². The number of furan rings is 1. The monoisotopic (exact) mass is 344 g/mol. The predicted octanol–water partition coefficient (Wildman–Crippen LogP) is 4.43. The standard InChI is InChI=1S/C17H16N2O2S2/c1-3-18-12-5-7-13(8-6-12)19-16(20)15(23-17(19)22)10-14-9-4-11(2)21-14/h4-10,18H,3H2,1-2H3/b15-10-. The molecule has 0 saturated carbocycles. The molecule has 0 aliphatic carbocycles. The number of amides is 1. The van der Waals surface area contributed by atoms with E-state index in [1.807, 2.05) is 50.2 Å².